The van der Waals surface area contributed by atoms with E-state index < -0.39 is 0 Å². The minimum absolute atomic E-state index is 0.407. The smallest absolute Gasteiger partial charge is 0.0363 e. The zero-order valence-electron chi connectivity index (χ0n) is 13.3. The molecule has 0 amide bonds. The Bertz CT molecular complexity index is 699. The van der Waals surface area contributed by atoms with Gasteiger partial charge in [-0.05, 0) is 85.7 Å². The molecule has 2 aromatic carbocycles. The SMILES string of the molecule is Cc1cc2c(cc1C)C(Cc1cc(Br)c(C)c(Br)c1)NCC2. The second-order valence-corrected chi connectivity index (χ2v) is 7.99. The molecule has 0 saturated heterocycles. The van der Waals surface area contributed by atoms with Crippen molar-refractivity contribution in [3.05, 3.63) is 66.6 Å². The highest BCUT2D eigenvalue weighted by molar-refractivity contribution is 9.11. The Labute approximate surface area is 149 Å². The average molecular weight is 423 g/mol. The van der Waals surface area contributed by atoms with Crippen molar-refractivity contribution in [2.45, 2.75) is 39.7 Å². The molecule has 0 saturated carbocycles. The predicted molar refractivity (Wildman–Crippen MR) is 101 cm³/mol. The quantitative estimate of drug-likeness (QED) is 0.667. The van der Waals surface area contributed by atoms with Crippen LogP contribution >= 0.6 is 31.9 Å². The predicted octanol–water partition coefficient (Wildman–Crippen LogP) is 5.57. The lowest BCUT2D eigenvalue weighted by atomic mass is 9.87. The Morgan fingerprint density at radius 1 is 1.00 bits per heavy atom. The van der Waals surface area contributed by atoms with Crippen LogP contribution in [0.5, 0.6) is 0 Å². The van der Waals surface area contributed by atoms with E-state index in [-0.39, 0.29) is 0 Å². The molecule has 22 heavy (non-hydrogen) atoms. The first-order chi connectivity index (χ1) is 10.5. The summed E-state index contributed by atoms with van der Waals surface area (Å²) in [5.74, 6) is 0. The summed E-state index contributed by atoms with van der Waals surface area (Å²) in [6.07, 6.45) is 2.15. The van der Waals surface area contributed by atoms with Gasteiger partial charge in [0, 0.05) is 15.0 Å². The van der Waals surface area contributed by atoms with Crippen molar-refractivity contribution in [1.82, 2.24) is 5.32 Å². The van der Waals surface area contributed by atoms with Crippen LogP contribution in [0.4, 0.5) is 0 Å². The summed E-state index contributed by atoms with van der Waals surface area (Å²) in [5, 5.41) is 3.69. The highest BCUT2D eigenvalue weighted by Gasteiger charge is 2.21. The molecule has 0 fully saturated rings. The number of nitrogens with one attached hydrogen (secondary N) is 1. The average Bonchev–Trinajstić information content (AvgIpc) is 2.47. The zero-order chi connectivity index (χ0) is 15.9. The molecule has 0 radical (unpaired) electrons. The lowest BCUT2D eigenvalue weighted by Crippen LogP contribution is -2.31. The second kappa shape index (κ2) is 6.46. The molecule has 1 nitrogen and oxygen atoms in total. The molecule has 2 aromatic rings. The van der Waals surface area contributed by atoms with E-state index in [9.17, 15) is 0 Å². The lowest BCUT2D eigenvalue weighted by Gasteiger charge is -2.28. The number of hydrogen-bond donors (Lipinski definition) is 1. The number of aryl methyl sites for hydroxylation is 2. The normalized spacial score (nSPS) is 17.4. The molecule has 0 aliphatic carbocycles. The number of fused-ring (bicyclic) bond motifs is 1. The molecular weight excluding hydrogens is 402 g/mol. The minimum atomic E-state index is 0.407. The van der Waals surface area contributed by atoms with Gasteiger partial charge in [0.2, 0.25) is 0 Å². The van der Waals surface area contributed by atoms with Crippen molar-refractivity contribution in [2.24, 2.45) is 0 Å². The maximum absolute atomic E-state index is 3.69. The standard InChI is InChI=1S/C19H21Br2N/c1-11-6-15-4-5-22-19(16(15)7-12(11)2)10-14-8-17(20)13(3)18(21)9-14/h6-9,19,22H,4-5,10H2,1-3H3. The molecule has 0 aromatic heterocycles. The summed E-state index contributed by atoms with van der Waals surface area (Å²) in [6, 6.07) is 9.65. The third-order valence-electron chi connectivity index (χ3n) is 4.70. The maximum Gasteiger partial charge on any atom is 0.0363 e. The van der Waals surface area contributed by atoms with Gasteiger partial charge >= 0.3 is 0 Å². The molecule has 1 heterocycles. The van der Waals surface area contributed by atoms with Gasteiger partial charge in [0.1, 0.15) is 0 Å². The van der Waals surface area contributed by atoms with E-state index in [0.717, 1.165) is 19.4 Å². The molecule has 1 aliphatic heterocycles. The van der Waals surface area contributed by atoms with Gasteiger partial charge in [-0.2, -0.15) is 0 Å². The summed E-state index contributed by atoms with van der Waals surface area (Å²) >= 11 is 7.33. The van der Waals surface area contributed by atoms with Crippen molar-refractivity contribution in [3.8, 4) is 0 Å². The van der Waals surface area contributed by atoms with E-state index in [0.29, 0.717) is 6.04 Å². The van der Waals surface area contributed by atoms with Gasteiger partial charge in [-0.25, -0.2) is 0 Å². The van der Waals surface area contributed by atoms with Gasteiger partial charge in [0.25, 0.3) is 0 Å². The van der Waals surface area contributed by atoms with E-state index in [1.807, 2.05) is 0 Å². The van der Waals surface area contributed by atoms with Crippen molar-refractivity contribution in [1.29, 1.82) is 0 Å². The second-order valence-electron chi connectivity index (χ2n) is 6.28. The van der Waals surface area contributed by atoms with Crippen LogP contribution in [0, 0.1) is 20.8 Å². The van der Waals surface area contributed by atoms with E-state index in [1.165, 1.54) is 42.3 Å². The van der Waals surface area contributed by atoms with Crippen LogP contribution in [0.25, 0.3) is 0 Å². The summed E-state index contributed by atoms with van der Waals surface area (Å²) in [6.45, 7) is 7.60. The molecular formula is C19H21Br2N. The summed E-state index contributed by atoms with van der Waals surface area (Å²) in [5.41, 5.74) is 8.39. The van der Waals surface area contributed by atoms with Crippen LogP contribution in [-0.4, -0.2) is 6.54 Å². The van der Waals surface area contributed by atoms with Crippen molar-refractivity contribution in [3.63, 3.8) is 0 Å². The Hall–Kier alpha value is -0.640. The van der Waals surface area contributed by atoms with Gasteiger partial charge in [0.15, 0.2) is 0 Å². The largest absolute Gasteiger partial charge is 0.309 e. The zero-order valence-corrected chi connectivity index (χ0v) is 16.4. The third kappa shape index (κ3) is 3.17. The Balaban J connectivity index is 1.94. The number of rotatable bonds is 2. The van der Waals surface area contributed by atoms with Crippen LogP contribution in [0.2, 0.25) is 0 Å². The van der Waals surface area contributed by atoms with Crippen LogP contribution in [-0.2, 0) is 12.8 Å². The summed E-state index contributed by atoms with van der Waals surface area (Å²) < 4.78 is 2.35. The molecule has 3 rings (SSSR count). The topological polar surface area (TPSA) is 12.0 Å². The van der Waals surface area contributed by atoms with Crippen molar-refractivity contribution in [2.75, 3.05) is 6.54 Å². The van der Waals surface area contributed by atoms with Crippen LogP contribution in [0.1, 0.15) is 39.4 Å². The number of halogens is 2. The molecule has 1 aliphatic rings. The fraction of sp³-hybridized carbons (Fsp3) is 0.368. The van der Waals surface area contributed by atoms with E-state index in [1.54, 1.807) is 0 Å². The first kappa shape index (κ1) is 16.2. The van der Waals surface area contributed by atoms with Gasteiger partial charge in [-0.15, -0.1) is 0 Å². The Morgan fingerprint density at radius 3 is 2.32 bits per heavy atom. The summed E-state index contributed by atoms with van der Waals surface area (Å²) in [4.78, 5) is 0. The molecule has 116 valence electrons. The van der Waals surface area contributed by atoms with Gasteiger partial charge in [-0.1, -0.05) is 44.0 Å². The molecule has 0 spiro atoms. The van der Waals surface area contributed by atoms with Gasteiger partial charge < -0.3 is 5.32 Å². The molecule has 3 heteroatoms. The van der Waals surface area contributed by atoms with Gasteiger partial charge in [0.05, 0.1) is 0 Å². The highest BCUT2D eigenvalue weighted by atomic mass is 79.9. The fourth-order valence-electron chi connectivity index (χ4n) is 3.16. The molecule has 1 atom stereocenters. The molecule has 1 unspecified atom stereocenters. The summed E-state index contributed by atoms with van der Waals surface area (Å²) in [7, 11) is 0. The van der Waals surface area contributed by atoms with Gasteiger partial charge in [-0.3, -0.25) is 0 Å². The Kier molecular flexibility index (Phi) is 4.77. The van der Waals surface area contributed by atoms with Crippen LogP contribution < -0.4 is 5.32 Å². The first-order valence-corrected chi connectivity index (χ1v) is 9.32. The van der Waals surface area contributed by atoms with Crippen molar-refractivity contribution >= 4 is 31.9 Å². The third-order valence-corrected chi connectivity index (χ3v) is 6.34. The molecule has 0 bridgehead atoms. The van der Waals surface area contributed by atoms with Crippen LogP contribution in [0.15, 0.2) is 33.2 Å². The maximum atomic E-state index is 3.69. The van der Waals surface area contributed by atoms with E-state index in [4.69, 9.17) is 0 Å². The van der Waals surface area contributed by atoms with Crippen LogP contribution in [0.3, 0.4) is 0 Å². The monoisotopic (exact) mass is 421 g/mol. The first-order valence-electron chi connectivity index (χ1n) is 7.73. The number of benzene rings is 2. The minimum Gasteiger partial charge on any atom is -0.309 e. The lowest BCUT2D eigenvalue weighted by molar-refractivity contribution is 0.502. The fourth-order valence-corrected chi connectivity index (χ4v) is 4.44. The molecule has 1 N–H and O–H groups in total. The highest BCUT2D eigenvalue weighted by Crippen LogP contribution is 2.32. The number of hydrogen-bond acceptors (Lipinski definition) is 1. The van der Waals surface area contributed by atoms with E-state index >= 15 is 0 Å². The Morgan fingerprint density at radius 2 is 1.64 bits per heavy atom. The van der Waals surface area contributed by atoms with Crippen molar-refractivity contribution < 1.29 is 0 Å². The van der Waals surface area contributed by atoms with E-state index in [2.05, 4.69) is 82.2 Å².